The van der Waals surface area contributed by atoms with Crippen LogP contribution in [-0.4, -0.2) is 16.6 Å². The third-order valence-corrected chi connectivity index (χ3v) is 5.70. The molecule has 0 radical (unpaired) electrons. The predicted molar refractivity (Wildman–Crippen MR) is 85.6 cm³/mol. The van der Waals surface area contributed by atoms with Crippen molar-refractivity contribution >= 4 is 27.4 Å². The fraction of sp³-hybridized carbons (Fsp3) is 0.625. The summed E-state index contributed by atoms with van der Waals surface area (Å²) in [6, 6.07) is 0. The van der Waals surface area contributed by atoms with Crippen LogP contribution in [0.1, 0.15) is 55.0 Å². The summed E-state index contributed by atoms with van der Waals surface area (Å²) in [5, 5.41) is 1.12. The highest BCUT2D eigenvalue weighted by molar-refractivity contribution is 7.19. The second-order valence-electron chi connectivity index (χ2n) is 6.07. The van der Waals surface area contributed by atoms with Crippen molar-refractivity contribution in [1.29, 1.82) is 0 Å². The van der Waals surface area contributed by atoms with Gasteiger partial charge < -0.3 is 10.5 Å². The number of aryl methyl sites for hydroxylation is 2. The van der Waals surface area contributed by atoms with Gasteiger partial charge in [-0.2, -0.15) is 0 Å². The van der Waals surface area contributed by atoms with Gasteiger partial charge in [-0.05, 0) is 56.9 Å². The Morgan fingerprint density at radius 2 is 2.10 bits per heavy atom. The van der Waals surface area contributed by atoms with Crippen LogP contribution in [0, 0.1) is 5.92 Å². The van der Waals surface area contributed by atoms with E-state index in [-0.39, 0.29) is 6.10 Å². The molecule has 2 aliphatic rings. The van der Waals surface area contributed by atoms with Crippen LogP contribution in [0.5, 0.6) is 0 Å². The summed E-state index contributed by atoms with van der Waals surface area (Å²) in [4.78, 5) is 12.0. The zero-order chi connectivity index (χ0) is 14.4. The van der Waals surface area contributed by atoms with Gasteiger partial charge >= 0.3 is 0 Å². The van der Waals surface area contributed by atoms with E-state index in [2.05, 4.69) is 4.98 Å². The van der Waals surface area contributed by atoms with Crippen molar-refractivity contribution in [3.63, 3.8) is 0 Å². The minimum Gasteiger partial charge on any atom is -0.383 e. The van der Waals surface area contributed by atoms with E-state index in [4.69, 9.17) is 15.5 Å². The third-order valence-electron chi connectivity index (χ3n) is 4.51. The summed E-state index contributed by atoms with van der Waals surface area (Å²) in [7, 11) is 0. The fourth-order valence-electron chi connectivity index (χ4n) is 3.33. The van der Waals surface area contributed by atoms with Gasteiger partial charge in [-0.3, -0.25) is 0 Å². The Kier molecular flexibility index (Phi) is 3.34. The Balaban J connectivity index is 1.81. The van der Waals surface area contributed by atoms with E-state index in [0.717, 1.165) is 22.5 Å². The van der Waals surface area contributed by atoms with Crippen LogP contribution in [-0.2, 0) is 17.6 Å². The van der Waals surface area contributed by atoms with Gasteiger partial charge in [0.05, 0.1) is 5.39 Å². The summed E-state index contributed by atoms with van der Waals surface area (Å²) in [6.45, 7) is 2.73. The molecule has 2 N–H and O–H groups in total. The van der Waals surface area contributed by atoms with Gasteiger partial charge in [0.2, 0.25) is 0 Å². The topological polar surface area (TPSA) is 61.0 Å². The first-order valence-electron chi connectivity index (χ1n) is 7.97. The van der Waals surface area contributed by atoms with Gasteiger partial charge in [-0.1, -0.05) is 0 Å². The zero-order valence-electron chi connectivity index (χ0n) is 12.4. The van der Waals surface area contributed by atoms with Gasteiger partial charge in [0.1, 0.15) is 16.8 Å². The minimum absolute atomic E-state index is 0.0285. The Hall–Kier alpha value is -1.20. The first-order chi connectivity index (χ1) is 10.3. The lowest BCUT2D eigenvalue weighted by atomic mass is 9.97. The first kappa shape index (κ1) is 13.5. The maximum absolute atomic E-state index is 6.28. The van der Waals surface area contributed by atoms with Crippen LogP contribution in [0.4, 0.5) is 5.82 Å². The van der Waals surface area contributed by atoms with Crippen LogP contribution in [0.3, 0.4) is 0 Å². The molecule has 1 atom stereocenters. The van der Waals surface area contributed by atoms with Crippen molar-refractivity contribution in [3.8, 4) is 0 Å². The van der Waals surface area contributed by atoms with Crippen LogP contribution in [0.2, 0.25) is 0 Å². The molecule has 2 heterocycles. The summed E-state index contributed by atoms with van der Waals surface area (Å²) >= 11 is 1.81. The summed E-state index contributed by atoms with van der Waals surface area (Å²) in [5.74, 6) is 2.03. The number of ether oxygens (including phenoxy) is 1. The predicted octanol–water partition coefficient (Wildman–Crippen LogP) is 3.64. The van der Waals surface area contributed by atoms with Crippen molar-refractivity contribution < 1.29 is 4.74 Å². The number of fused-ring (bicyclic) bond motifs is 3. The van der Waals surface area contributed by atoms with E-state index in [1.165, 1.54) is 42.5 Å². The Bertz CT molecular complexity index is 678. The lowest BCUT2D eigenvalue weighted by Crippen LogP contribution is -2.12. The maximum Gasteiger partial charge on any atom is 0.161 e. The van der Waals surface area contributed by atoms with Gasteiger partial charge in [0, 0.05) is 11.5 Å². The molecule has 1 saturated carbocycles. The minimum atomic E-state index is 0.0285. The molecular weight excluding hydrogens is 282 g/mol. The second kappa shape index (κ2) is 5.21. The van der Waals surface area contributed by atoms with Crippen LogP contribution >= 0.6 is 11.3 Å². The van der Waals surface area contributed by atoms with Gasteiger partial charge in [0.25, 0.3) is 0 Å². The molecule has 112 valence electrons. The number of anilines is 1. The molecule has 0 aliphatic heterocycles. The van der Waals surface area contributed by atoms with E-state index in [1.807, 2.05) is 18.3 Å². The summed E-state index contributed by atoms with van der Waals surface area (Å²) in [5.41, 5.74) is 7.69. The Labute approximate surface area is 128 Å². The molecule has 5 heteroatoms. The number of nitrogen functional groups attached to an aromatic ring is 1. The van der Waals surface area contributed by atoms with Gasteiger partial charge in [-0.25, -0.2) is 9.97 Å². The molecule has 0 amide bonds. The van der Waals surface area contributed by atoms with Crippen molar-refractivity contribution in [2.24, 2.45) is 5.92 Å². The van der Waals surface area contributed by atoms with Crippen molar-refractivity contribution in [3.05, 3.63) is 16.3 Å². The summed E-state index contributed by atoms with van der Waals surface area (Å²) in [6.07, 6.45) is 7.29. The number of aromatic nitrogens is 2. The van der Waals surface area contributed by atoms with E-state index in [0.29, 0.717) is 18.3 Å². The molecule has 0 aromatic carbocycles. The molecule has 4 nitrogen and oxygen atoms in total. The molecule has 0 bridgehead atoms. The molecule has 2 aromatic rings. The SMILES string of the molecule is CCOC(c1nc(N)c2c3c(sc2n1)CCCC3)C1CC1. The molecule has 4 rings (SSSR count). The molecular formula is C16H21N3OS. The van der Waals surface area contributed by atoms with Crippen LogP contribution in [0.25, 0.3) is 10.2 Å². The highest BCUT2D eigenvalue weighted by Crippen LogP contribution is 2.44. The normalized spacial score (nSPS) is 19.7. The average Bonchev–Trinajstić information content (AvgIpc) is 3.24. The lowest BCUT2D eigenvalue weighted by molar-refractivity contribution is 0.0404. The highest BCUT2D eigenvalue weighted by atomic mass is 32.1. The largest absolute Gasteiger partial charge is 0.383 e. The van der Waals surface area contributed by atoms with Gasteiger partial charge in [-0.15, -0.1) is 11.3 Å². The summed E-state index contributed by atoms with van der Waals surface area (Å²) < 4.78 is 5.88. The number of nitrogens with zero attached hydrogens (tertiary/aromatic N) is 2. The standard InChI is InChI=1S/C16H21N3OS/c1-2-20-13(9-7-8-9)15-18-14(17)12-10-5-3-4-6-11(10)21-16(12)19-15/h9,13H,2-8H2,1H3,(H2,17,18,19). The molecule has 2 aromatic heterocycles. The monoisotopic (exact) mass is 303 g/mol. The molecule has 21 heavy (non-hydrogen) atoms. The zero-order valence-corrected chi connectivity index (χ0v) is 13.2. The number of thiophene rings is 1. The van der Waals surface area contributed by atoms with E-state index >= 15 is 0 Å². The van der Waals surface area contributed by atoms with Crippen molar-refractivity contribution in [2.75, 3.05) is 12.3 Å². The first-order valence-corrected chi connectivity index (χ1v) is 8.78. The van der Waals surface area contributed by atoms with E-state index < -0.39 is 0 Å². The maximum atomic E-state index is 6.28. The Morgan fingerprint density at radius 1 is 1.29 bits per heavy atom. The molecule has 0 saturated heterocycles. The third kappa shape index (κ3) is 2.32. The van der Waals surface area contributed by atoms with E-state index in [9.17, 15) is 0 Å². The fourth-order valence-corrected chi connectivity index (χ4v) is 4.61. The smallest absolute Gasteiger partial charge is 0.161 e. The number of rotatable bonds is 4. The van der Waals surface area contributed by atoms with E-state index in [1.54, 1.807) is 0 Å². The number of hydrogen-bond donors (Lipinski definition) is 1. The van der Waals surface area contributed by atoms with Crippen LogP contribution < -0.4 is 5.73 Å². The molecule has 2 aliphatic carbocycles. The quantitative estimate of drug-likeness (QED) is 0.936. The molecule has 0 spiro atoms. The van der Waals surface area contributed by atoms with Gasteiger partial charge in [0.15, 0.2) is 5.82 Å². The Morgan fingerprint density at radius 3 is 2.86 bits per heavy atom. The number of nitrogens with two attached hydrogens (primary N) is 1. The highest BCUT2D eigenvalue weighted by Gasteiger charge is 2.35. The lowest BCUT2D eigenvalue weighted by Gasteiger charge is -2.15. The number of hydrogen-bond acceptors (Lipinski definition) is 5. The molecule has 1 fully saturated rings. The van der Waals surface area contributed by atoms with Crippen LogP contribution in [0.15, 0.2) is 0 Å². The second-order valence-corrected chi connectivity index (χ2v) is 7.16. The van der Waals surface area contributed by atoms with Crippen molar-refractivity contribution in [1.82, 2.24) is 9.97 Å². The van der Waals surface area contributed by atoms with Crippen molar-refractivity contribution in [2.45, 2.75) is 51.6 Å². The average molecular weight is 303 g/mol. The molecule has 1 unspecified atom stereocenters.